The van der Waals surface area contributed by atoms with Crippen molar-refractivity contribution in [3.63, 3.8) is 0 Å². The van der Waals surface area contributed by atoms with Crippen LogP contribution in [0.4, 0.5) is 0 Å². The predicted octanol–water partition coefficient (Wildman–Crippen LogP) is 2.32. The Labute approximate surface area is 97.2 Å². The van der Waals surface area contributed by atoms with Crippen LogP contribution in [0.5, 0.6) is 0 Å². The Morgan fingerprint density at radius 3 is 2.31 bits per heavy atom. The van der Waals surface area contributed by atoms with E-state index in [1.165, 1.54) is 0 Å². The van der Waals surface area contributed by atoms with Gasteiger partial charge in [-0.15, -0.1) is 0 Å². The summed E-state index contributed by atoms with van der Waals surface area (Å²) in [5, 5.41) is 0. The third-order valence-electron chi connectivity index (χ3n) is 2.97. The SMILES string of the molecule is CCOOCC1CCC(C(=O)OCC)CC1. The first-order valence-electron chi connectivity index (χ1n) is 6.19. The fourth-order valence-electron chi connectivity index (χ4n) is 2.05. The molecule has 0 spiro atoms. The van der Waals surface area contributed by atoms with Gasteiger partial charge in [-0.3, -0.25) is 4.79 Å². The Hall–Kier alpha value is -0.610. The minimum atomic E-state index is -0.0355. The molecule has 0 heterocycles. The normalized spacial score (nSPS) is 25.4. The van der Waals surface area contributed by atoms with Crippen LogP contribution in [0.15, 0.2) is 0 Å². The maximum absolute atomic E-state index is 11.5. The Morgan fingerprint density at radius 2 is 1.75 bits per heavy atom. The number of carbonyl (C=O) groups excluding carboxylic acids is 1. The molecule has 0 aromatic carbocycles. The van der Waals surface area contributed by atoms with Gasteiger partial charge in [0.05, 0.1) is 25.7 Å². The van der Waals surface area contributed by atoms with Crippen molar-refractivity contribution in [2.75, 3.05) is 19.8 Å². The van der Waals surface area contributed by atoms with E-state index in [1.54, 1.807) is 0 Å². The van der Waals surface area contributed by atoms with Crippen molar-refractivity contribution in [3.05, 3.63) is 0 Å². The topological polar surface area (TPSA) is 44.8 Å². The fourth-order valence-corrected chi connectivity index (χ4v) is 2.05. The monoisotopic (exact) mass is 230 g/mol. The highest BCUT2D eigenvalue weighted by atomic mass is 17.2. The first-order chi connectivity index (χ1) is 7.77. The standard InChI is InChI=1S/C12H22O4/c1-3-14-12(13)11-7-5-10(6-8-11)9-16-15-4-2/h10-11H,3-9H2,1-2H3. The van der Waals surface area contributed by atoms with Gasteiger partial charge in [-0.1, -0.05) is 0 Å². The van der Waals surface area contributed by atoms with Crippen LogP contribution in [0.1, 0.15) is 39.5 Å². The van der Waals surface area contributed by atoms with Crippen LogP contribution in [0, 0.1) is 11.8 Å². The quantitative estimate of drug-likeness (QED) is 0.304. The lowest BCUT2D eigenvalue weighted by Gasteiger charge is -2.26. The summed E-state index contributed by atoms with van der Waals surface area (Å²) < 4.78 is 5.02. The lowest BCUT2D eigenvalue weighted by Crippen LogP contribution is -2.25. The molecule has 0 unspecified atom stereocenters. The third-order valence-corrected chi connectivity index (χ3v) is 2.97. The average molecular weight is 230 g/mol. The summed E-state index contributed by atoms with van der Waals surface area (Å²) >= 11 is 0. The van der Waals surface area contributed by atoms with Crippen LogP contribution in [0.3, 0.4) is 0 Å². The first kappa shape index (κ1) is 13.5. The van der Waals surface area contributed by atoms with E-state index in [9.17, 15) is 4.79 Å². The lowest BCUT2D eigenvalue weighted by atomic mass is 9.82. The van der Waals surface area contributed by atoms with Crippen LogP contribution in [0.25, 0.3) is 0 Å². The van der Waals surface area contributed by atoms with Gasteiger partial charge in [0.15, 0.2) is 0 Å². The second-order valence-corrected chi connectivity index (χ2v) is 4.16. The first-order valence-corrected chi connectivity index (χ1v) is 6.19. The molecule has 0 aromatic heterocycles. The molecule has 4 heteroatoms. The molecule has 0 N–H and O–H groups in total. The van der Waals surface area contributed by atoms with E-state index in [0.717, 1.165) is 25.7 Å². The number of rotatable bonds is 6. The van der Waals surface area contributed by atoms with E-state index in [4.69, 9.17) is 14.5 Å². The van der Waals surface area contributed by atoms with Gasteiger partial charge >= 0.3 is 5.97 Å². The molecular weight excluding hydrogens is 208 g/mol. The molecule has 1 rings (SSSR count). The highest BCUT2D eigenvalue weighted by Crippen LogP contribution is 2.29. The maximum atomic E-state index is 11.5. The van der Waals surface area contributed by atoms with E-state index in [0.29, 0.717) is 25.7 Å². The number of carbonyl (C=O) groups is 1. The van der Waals surface area contributed by atoms with Crippen molar-refractivity contribution >= 4 is 5.97 Å². The van der Waals surface area contributed by atoms with Gasteiger partial charge in [-0.25, -0.2) is 9.78 Å². The van der Waals surface area contributed by atoms with Crippen LogP contribution >= 0.6 is 0 Å². The summed E-state index contributed by atoms with van der Waals surface area (Å²) in [4.78, 5) is 21.4. The van der Waals surface area contributed by atoms with Crippen molar-refractivity contribution in [2.24, 2.45) is 11.8 Å². The Kier molecular flexibility index (Phi) is 6.42. The van der Waals surface area contributed by atoms with E-state index < -0.39 is 0 Å². The average Bonchev–Trinajstić information content (AvgIpc) is 2.30. The molecule has 4 nitrogen and oxygen atoms in total. The van der Waals surface area contributed by atoms with Crippen molar-refractivity contribution in [1.82, 2.24) is 0 Å². The summed E-state index contributed by atoms with van der Waals surface area (Å²) in [5.41, 5.74) is 0. The largest absolute Gasteiger partial charge is 0.466 e. The maximum Gasteiger partial charge on any atom is 0.308 e. The van der Waals surface area contributed by atoms with E-state index in [1.807, 2.05) is 13.8 Å². The molecule has 1 aliphatic carbocycles. The number of ether oxygens (including phenoxy) is 1. The molecule has 16 heavy (non-hydrogen) atoms. The van der Waals surface area contributed by atoms with Gasteiger partial charge < -0.3 is 4.74 Å². The van der Waals surface area contributed by atoms with Crippen molar-refractivity contribution in [2.45, 2.75) is 39.5 Å². The summed E-state index contributed by atoms with van der Waals surface area (Å²) in [6.07, 6.45) is 3.88. The fraction of sp³-hybridized carbons (Fsp3) is 0.917. The summed E-state index contributed by atoms with van der Waals surface area (Å²) in [7, 11) is 0. The number of hydrogen-bond acceptors (Lipinski definition) is 4. The van der Waals surface area contributed by atoms with E-state index >= 15 is 0 Å². The van der Waals surface area contributed by atoms with Gasteiger partial charge in [0, 0.05) is 0 Å². The molecule has 0 bridgehead atoms. The third kappa shape index (κ3) is 4.49. The van der Waals surface area contributed by atoms with Gasteiger partial charge in [0.1, 0.15) is 0 Å². The van der Waals surface area contributed by atoms with Crippen LogP contribution in [-0.2, 0) is 19.3 Å². The van der Waals surface area contributed by atoms with Crippen molar-refractivity contribution in [1.29, 1.82) is 0 Å². The molecule has 1 saturated carbocycles. The van der Waals surface area contributed by atoms with E-state index in [-0.39, 0.29) is 11.9 Å². The zero-order valence-electron chi connectivity index (χ0n) is 10.2. The Bertz CT molecular complexity index is 197. The van der Waals surface area contributed by atoms with Gasteiger partial charge in [0.2, 0.25) is 0 Å². The number of hydrogen-bond donors (Lipinski definition) is 0. The molecular formula is C12H22O4. The smallest absolute Gasteiger partial charge is 0.308 e. The zero-order chi connectivity index (χ0) is 11.8. The lowest BCUT2D eigenvalue weighted by molar-refractivity contribution is -0.299. The highest BCUT2D eigenvalue weighted by molar-refractivity contribution is 5.72. The van der Waals surface area contributed by atoms with E-state index in [2.05, 4.69) is 0 Å². The molecule has 0 saturated heterocycles. The van der Waals surface area contributed by atoms with Crippen molar-refractivity contribution < 1.29 is 19.3 Å². The van der Waals surface area contributed by atoms with Gasteiger partial charge in [-0.2, -0.15) is 0 Å². The Morgan fingerprint density at radius 1 is 1.06 bits per heavy atom. The molecule has 0 amide bonds. The zero-order valence-corrected chi connectivity index (χ0v) is 10.2. The van der Waals surface area contributed by atoms with Crippen LogP contribution in [-0.4, -0.2) is 25.8 Å². The molecule has 1 aliphatic rings. The second kappa shape index (κ2) is 7.63. The molecule has 0 radical (unpaired) electrons. The predicted molar refractivity (Wildman–Crippen MR) is 59.7 cm³/mol. The molecule has 1 fully saturated rings. The molecule has 94 valence electrons. The number of esters is 1. The minimum absolute atomic E-state index is 0.0355. The summed E-state index contributed by atoms with van der Waals surface area (Å²) in [6, 6.07) is 0. The Balaban J connectivity index is 2.15. The van der Waals surface area contributed by atoms with Crippen molar-refractivity contribution in [3.8, 4) is 0 Å². The highest BCUT2D eigenvalue weighted by Gasteiger charge is 2.27. The summed E-state index contributed by atoms with van der Waals surface area (Å²) in [5.74, 6) is 0.590. The molecule has 0 aliphatic heterocycles. The van der Waals surface area contributed by atoms with Gasteiger partial charge in [0.25, 0.3) is 0 Å². The van der Waals surface area contributed by atoms with Gasteiger partial charge in [-0.05, 0) is 45.4 Å². The minimum Gasteiger partial charge on any atom is -0.466 e. The molecule has 0 atom stereocenters. The molecule has 0 aromatic rings. The second-order valence-electron chi connectivity index (χ2n) is 4.16. The summed E-state index contributed by atoms with van der Waals surface area (Å²) in [6.45, 7) is 5.45. The van der Waals surface area contributed by atoms with Crippen LogP contribution in [0.2, 0.25) is 0 Å². The van der Waals surface area contributed by atoms with Crippen LogP contribution < -0.4 is 0 Å².